The van der Waals surface area contributed by atoms with Gasteiger partial charge in [-0.3, -0.25) is 0 Å². The summed E-state index contributed by atoms with van der Waals surface area (Å²) in [4.78, 5) is 8.87. The minimum atomic E-state index is -0.248. The second kappa shape index (κ2) is 8.29. The number of anilines is 3. The van der Waals surface area contributed by atoms with Crippen molar-refractivity contribution in [3.8, 4) is 5.75 Å². The highest BCUT2D eigenvalue weighted by molar-refractivity contribution is 5.58. The van der Waals surface area contributed by atoms with Gasteiger partial charge in [-0.1, -0.05) is 12.1 Å². The molecule has 3 rings (SSSR count). The zero-order valence-electron chi connectivity index (χ0n) is 14.8. The molecule has 0 fully saturated rings. The Balaban J connectivity index is 1.67. The molecular formula is C20H21FN4O. The summed E-state index contributed by atoms with van der Waals surface area (Å²) < 4.78 is 18.4. The van der Waals surface area contributed by atoms with Crippen LogP contribution in [0, 0.1) is 12.7 Å². The summed E-state index contributed by atoms with van der Waals surface area (Å²) in [6.07, 6.45) is 0. The fourth-order valence-corrected chi connectivity index (χ4v) is 2.44. The van der Waals surface area contributed by atoms with Gasteiger partial charge in [0.1, 0.15) is 17.4 Å². The summed E-state index contributed by atoms with van der Waals surface area (Å²) in [7, 11) is 0. The van der Waals surface area contributed by atoms with Crippen molar-refractivity contribution in [3.63, 3.8) is 0 Å². The minimum Gasteiger partial charge on any atom is -0.494 e. The Labute approximate surface area is 152 Å². The average Bonchev–Trinajstić information content (AvgIpc) is 2.63. The smallest absolute Gasteiger partial charge is 0.225 e. The minimum absolute atomic E-state index is 0.248. The SMILES string of the molecule is CCOc1ccc(Nc2cc(C)nc(NCc3ccc(F)cc3)n2)cc1. The van der Waals surface area contributed by atoms with Crippen LogP contribution in [-0.4, -0.2) is 16.6 Å². The van der Waals surface area contributed by atoms with Crippen molar-refractivity contribution in [2.45, 2.75) is 20.4 Å². The molecule has 0 saturated carbocycles. The normalized spacial score (nSPS) is 10.4. The van der Waals surface area contributed by atoms with E-state index >= 15 is 0 Å². The maximum Gasteiger partial charge on any atom is 0.225 e. The van der Waals surface area contributed by atoms with Crippen molar-refractivity contribution in [1.29, 1.82) is 0 Å². The van der Waals surface area contributed by atoms with E-state index in [4.69, 9.17) is 4.74 Å². The molecule has 0 aliphatic rings. The second-order valence-corrected chi connectivity index (χ2v) is 5.78. The van der Waals surface area contributed by atoms with E-state index in [2.05, 4.69) is 20.6 Å². The summed E-state index contributed by atoms with van der Waals surface area (Å²) in [5.41, 5.74) is 2.71. The molecule has 2 aromatic carbocycles. The van der Waals surface area contributed by atoms with Crippen LogP contribution in [0.1, 0.15) is 18.2 Å². The quantitative estimate of drug-likeness (QED) is 0.647. The molecule has 0 spiro atoms. The molecule has 0 amide bonds. The van der Waals surface area contributed by atoms with E-state index in [0.717, 1.165) is 22.7 Å². The third-order valence-electron chi connectivity index (χ3n) is 3.66. The second-order valence-electron chi connectivity index (χ2n) is 5.78. The van der Waals surface area contributed by atoms with Crippen molar-refractivity contribution in [3.05, 3.63) is 71.7 Å². The van der Waals surface area contributed by atoms with Crippen LogP contribution in [0.2, 0.25) is 0 Å². The number of benzene rings is 2. The van der Waals surface area contributed by atoms with Crippen LogP contribution in [0.25, 0.3) is 0 Å². The van der Waals surface area contributed by atoms with Gasteiger partial charge in [-0.2, -0.15) is 4.98 Å². The molecule has 6 heteroatoms. The molecule has 0 aliphatic heterocycles. The Bertz CT molecular complexity index is 851. The molecule has 26 heavy (non-hydrogen) atoms. The molecule has 0 unspecified atom stereocenters. The maximum atomic E-state index is 13.0. The Hall–Kier alpha value is -3.15. The zero-order valence-corrected chi connectivity index (χ0v) is 14.8. The fourth-order valence-electron chi connectivity index (χ4n) is 2.44. The highest BCUT2D eigenvalue weighted by Crippen LogP contribution is 2.20. The van der Waals surface area contributed by atoms with Crippen LogP contribution in [0.5, 0.6) is 5.75 Å². The molecule has 1 heterocycles. The number of aryl methyl sites for hydroxylation is 1. The predicted molar refractivity (Wildman–Crippen MR) is 101 cm³/mol. The molecular weight excluding hydrogens is 331 g/mol. The van der Waals surface area contributed by atoms with Crippen LogP contribution >= 0.6 is 0 Å². The van der Waals surface area contributed by atoms with E-state index in [9.17, 15) is 4.39 Å². The van der Waals surface area contributed by atoms with Gasteiger partial charge >= 0.3 is 0 Å². The molecule has 5 nitrogen and oxygen atoms in total. The van der Waals surface area contributed by atoms with E-state index < -0.39 is 0 Å². The topological polar surface area (TPSA) is 59.1 Å². The van der Waals surface area contributed by atoms with Gasteiger partial charge in [0.15, 0.2) is 0 Å². The lowest BCUT2D eigenvalue weighted by molar-refractivity contribution is 0.340. The van der Waals surface area contributed by atoms with E-state index in [1.54, 1.807) is 12.1 Å². The third kappa shape index (κ3) is 4.92. The third-order valence-corrected chi connectivity index (χ3v) is 3.66. The van der Waals surface area contributed by atoms with E-state index in [1.165, 1.54) is 12.1 Å². The number of halogens is 1. The molecule has 3 aromatic rings. The van der Waals surface area contributed by atoms with Gasteiger partial charge in [0.2, 0.25) is 5.95 Å². The standard InChI is InChI=1S/C20H21FN4O/c1-3-26-18-10-8-17(9-11-18)24-19-12-14(2)23-20(25-19)22-13-15-4-6-16(21)7-5-15/h4-12H,3,13H2,1-2H3,(H2,22,23,24,25). The van der Waals surface area contributed by atoms with Crippen molar-refractivity contribution >= 4 is 17.5 Å². The first-order chi connectivity index (χ1) is 12.6. The average molecular weight is 352 g/mol. The Morgan fingerprint density at radius 1 is 1.00 bits per heavy atom. The van der Waals surface area contributed by atoms with E-state index in [-0.39, 0.29) is 5.82 Å². The number of rotatable bonds is 7. The van der Waals surface area contributed by atoms with Crippen molar-refractivity contribution in [1.82, 2.24) is 9.97 Å². The number of ether oxygens (including phenoxy) is 1. The van der Waals surface area contributed by atoms with Crippen LogP contribution in [0.4, 0.5) is 21.8 Å². The summed E-state index contributed by atoms with van der Waals surface area (Å²) in [5, 5.41) is 6.43. The summed E-state index contributed by atoms with van der Waals surface area (Å²) in [6, 6.07) is 15.9. The van der Waals surface area contributed by atoms with Crippen LogP contribution in [0.3, 0.4) is 0 Å². The van der Waals surface area contributed by atoms with Crippen LogP contribution < -0.4 is 15.4 Å². The summed E-state index contributed by atoms with van der Waals surface area (Å²) in [6.45, 7) is 5.03. The van der Waals surface area contributed by atoms with Gasteiger partial charge in [-0.25, -0.2) is 9.37 Å². The molecule has 0 bridgehead atoms. The molecule has 0 atom stereocenters. The molecule has 0 radical (unpaired) electrons. The van der Waals surface area contributed by atoms with Crippen molar-refractivity contribution < 1.29 is 9.13 Å². The molecule has 2 N–H and O–H groups in total. The van der Waals surface area contributed by atoms with Crippen molar-refractivity contribution in [2.75, 3.05) is 17.2 Å². The summed E-state index contributed by atoms with van der Waals surface area (Å²) in [5.74, 6) is 1.80. The first-order valence-electron chi connectivity index (χ1n) is 8.46. The zero-order chi connectivity index (χ0) is 18.4. The highest BCUT2D eigenvalue weighted by Gasteiger charge is 2.04. The molecule has 1 aromatic heterocycles. The largest absolute Gasteiger partial charge is 0.494 e. The Morgan fingerprint density at radius 2 is 1.73 bits per heavy atom. The van der Waals surface area contributed by atoms with Crippen LogP contribution in [-0.2, 0) is 6.54 Å². The highest BCUT2D eigenvalue weighted by atomic mass is 19.1. The Morgan fingerprint density at radius 3 is 2.42 bits per heavy atom. The lowest BCUT2D eigenvalue weighted by atomic mass is 10.2. The monoisotopic (exact) mass is 352 g/mol. The predicted octanol–water partition coefficient (Wildman–Crippen LogP) is 4.68. The number of nitrogens with one attached hydrogen (secondary N) is 2. The molecule has 134 valence electrons. The number of hydrogen-bond donors (Lipinski definition) is 2. The Kier molecular flexibility index (Phi) is 5.63. The van der Waals surface area contributed by atoms with E-state index in [0.29, 0.717) is 24.9 Å². The lowest BCUT2D eigenvalue weighted by Gasteiger charge is -2.11. The number of aromatic nitrogens is 2. The van der Waals surface area contributed by atoms with Crippen molar-refractivity contribution in [2.24, 2.45) is 0 Å². The first-order valence-corrected chi connectivity index (χ1v) is 8.46. The molecule has 0 saturated heterocycles. The first kappa shape index (κ1) is 17.7. The van der Waals surface area contributed by atoms with Crippen LogP contribution in [0.15, 0.2) is 54.6 Å². The molecule has 0 aliphatic carbocycles. The van der Waals surface area contributed by atoms with Gasteiger partial charge in [-0.15, -0.1) is 0 Å². The van der Waals surface area contributed by atoms with Gasteiger partial charge in [0, 0.05) is 24.0 Å². The van der Waals surface area contributed by atoms with Gasteiger partial charge < -0.3 is 15.4 Å². The number of hydrogen-bond acceptors (Lipinski definition) is 5. The van der Waals surface area contributed by atoms with Gasteiger partial charge in [-0.05, 0) is 55.8 Å². The number of nitrogens with zero attached hydrogens (tertiary/aromatic N) is 2. The maximum absolute atomic E-state index is 13.0. The van der Waals surface area contributed by atoms with E-state index in [1.807, 2.05) is 44.2 Å². The fraction of sp³-hybridized carbons (Fsp3) is 0.200. The lowest BCUT2D eigenvalue weighted by Crippen LogP contribution is -2.06. The summed E-state index contributed by atoms with van der Waals surface area (Å²) >= 11 is 0. The van der Waals surface area contributed by atoms with Gasteiger partial charge in [0.25, 0.3) is 0 Å². The van der Waals surface area contributed by atoms with Gasteiger partial charge in [0.05, 0.1) is 6.61 Å².